The maximum Gasteiger partial charge on any atom is 0.164 e. The predicted octanol–water partition coefficient (Wildman–Crippen LogP) is 24.0. The summed E-state index contributed by atoms with van der Waals surface area (Å²) in [6.45, 7) is 0. The first kappa shape index (κ1) is 57.5. The number of hydrogen-bond donors (Lipinski definition) is 0. The van der Waals surface area contributed by atoms with E-state index in [2.05, 4.69) is 255 Å². The van der Waals surface area contributed by atoms with Crippen LogP contribution in [-0.4, -0.2) is 29.9 Å². The number of benzene rings is 17. The summed E-state index contributed by atoms with van der Waals surface area (Å²) >= 11 is 0. The van der Waals surface area contributed by atoms with Crippen molar-refractivity contribution >= 4 is 86.2 Å². The molecule has 0 N–H and O–H groups in total. The Labute approximate surface area is 566 Å². The second-order valence-corrected chi connectivity index (χ2v) is 24.9. The maximum absolute atomic E-state index is 5.03. The minimum Gasteiger partial charge on any atom is -0.208 e. The van der Waals surface area contributed by atoms with Crippen LogP contribution in [-0.2, 0) is 0 Å². The summed E-state index contributed by atoms with van der Waals surface area (Å²) in [7, 11) is 0. The van der Waals surface area contributed by atoms with E-state index in [1.807, 2.05) is 97.1 Å². The first-order valence-electron chi connectivity index (χ1n) is 33.1. The van der Waals surface area contributed by atoms with Crippen molar-refractivity contribution in [2.45, 2.75) is 0 Å². The van der Waals surface area contributed by atoms with E-state index in [1.54, 1.807) is 0 Å². The molecule has 0 saturated heterocycles. The molecule has 0 radical (unpaired) electrons. The molecule has 0 atom stereocenters. The van der Waals surface area contributed by atoms with Crippen molar-refractivity contribution in [1.82, 2.24) is 29.9 Å². The summed E-state index contributed by atoms with van der Waals surface area (Å²) in [6.07, 6.45) is 0. The Hall–Kier alpha value is -13.2. The van der Waals surface area contributed by atoms with Crippen molar-refractivity contribution in [3.63, 3.8) is 0 Å². The SMILES string of the molecule is c1ccc(-c2cccc(-c3nc(-c4ccccc4)nc(-c4ccc(-c5ccc6c(ccc7ccc8c9ccccc9ccc8c76)c5)cc4)n3)c2)cc1.c1ccc(-c2nc(-c3ccccc3)nc(-c3ccc(-c4cccc5c4ccc4ccc6c7ccccc7ccc6c45)cc3)n2)cc1. The largest absolute Gasteiger partial charge is 0.208 e. The zero-order chi connectivity index (χ0) is 64.9. The number of aromatic nitrogens is 6. The quantitative estimate of drug-likeness (QED) is 0.134. The number of nitrogens with zero attached hydrogens (tertiary/aromatic N) is 6. The Morgan fingerprint density at radius 3 is 0.949 bits per heavy atom. The maximum atomic E-state index is 5.03. The van der Waals surface area contributed by atoms with Gasteiger partial charge in [-0.25, -0.2) is 29.9 Å². The van der Waals surface area contributed by atoms with Gasteiger partial charge in [0.05, 0.1) is 0 Å². The molecule has 0 bridgehead atoms. The molecule has 0 saturated carbocycles. The lowest BCUT2D eigenvalue weighted by Crippen LogP contribution is -2.00. The fourth-order valence-electron chi connectivity index (χ4n) is 14.1. The Kier molecular flexibility index (Phi) is 14.5. The summed E-state index contributed by atoms with van der Waals surface area (Å²) in [5.41, 5.74) is 12.7. The van der Waals surface area contributed by atoms with E-state index in [1.165, 1.54) is 97.3 Å². The third-order valence-electron chi connectivity index (χ3n) is 19.0. The van der Waals surface area contributed by atoms with Crippen molar-refractivity contribution in [1.29, 1.82) is 0 Å². The standard InChI is InChI=1S/C49H31N3.C43H27N3/c1-3-10-32(11-4-1)38-15-9-16-41(31-38)49-51-47(36-13-5-2-6-14-36)50-48(52-49)37-21-18-33(19-22-37)39-26-27-43-40(30-39)23-20-35-25-28-44-42-17-8-7-12-34(42)24-29-45(44)46(35)43;1-3-11-31(12-4-1)41-44-42(32-13-5-2-6-14-32)46-43(45-41)33-20-18-29(19-21-33)35-16-9-17-38-36(35)25-23-30-24-26-37-34-15-8-7-10-28(34)22-27-39(37)40(30)38/h1-31H;1-27H. The monoisotopic (exact) mass is 1250 g/mol. The van der Waals surface area contributed by atoms with Crippen LogP contribution in [0.4, 0.5) is 0 Å². The second-order valence-electron chi connectivity index (χ2n) is 24.9. The lowest BCUT2D eigenvalue weighted by atomic mass is 9.91. The lowest BCUT2D eigenvalue weighted by molar-refractivity contribution is 1.07. The Bertz CT molecular complexity index is 6200. The first-order chi connectivity index (χ1) is 48.5. The van der Waals surface area contributed by atoms with Gasteiger partial charge in [0.25, 0.3) is 0 Å². The van der Waals surface area contributed by atoms with E-state index in [4.69, 9.17) is 29.9 Å². The molecular weight excluding hydrogens is 1190 g/mol. The summed E-state index contributed by atoms with van der Waals surface area (Å²) in [5.74, 6) is 3.92. The van der Waals surface area contributed by atoms with Gasteiger partial charge in [-0.1, -0.05) is 340 Å². The van der Waals surface area contributed by atoms with Crippen LogP contribution in [0, 0.1) is 0 Å². The van der Waals surface area contributed by atoms with E-state index in [0.29, 0.717) is 34.9 Å². The van der Waals surface area contributed by atoms with Crippen molar-refractivity contribution < 1.29 is 0 Å². The number of hydrogen-bond acceptors (Lipinski definition) is 6. The van der Waals surface area contributed by atoms with Crippen molar-refractivity contribution in [2.75, 3.05) is 0 Å². The molecule has 2 heterocycles. The van der Waals surface area contributed by atoms with Gasteiger partial charge >= 0.3 is 0 Å². The van der Waals surface area contributed by atoms with E-state index >= 15 is 0 Å². The molecule has 0 aliphatic carbocycles. The first-order valence-corrected chi connectivity index (χ1v) is 33.1. The normalized spacial score (nSPS) is 11.5. The minimum atomic E-state index is 0.643. The molecule has 0 amide bonds. The van der Waals surface area contributed by atoms with Crippen LogP contribution < -0.4 is 0 Å². The number of fused-ring (bicyclic) bond motifs is 14. The van der Waals surface area contributed by atoms with Gasteiger partial charge in [0.2, 0.25) is 0 Å². The molecule has 17 aromatic carbocycles. The van der Waals surface area contributed by atoms with E-state index in [9.17, 15) is 0 Å². The third kappa shape index (κ3) is 10.7. The Morgan fingerprint density at radius 2 is 0.429 bits per heavy atom. The van der Waals surface area contributed by atoms with E-state index in [0.717, 1.165) is 55.6 Å². The topological polar surface area (TPSA) is 77.3 Å². The average molecular weight is 1250 g/mol. The number of rotatable bonds is 9. The highest BCUT2D eigenvalue weighted by Gasteiger charge is 2.18. The van der Waals surface area contributed by atoms with E-state index < -0.39 is 0 Å². The van der Waals surface area contributed by atoms with Gasteiger partial charge in [0, 0.05) is 33.4 Å². The highest BCUT2D eigenvalue weighted by molar-refractivity contribution is 6.27. The molecule has 0 fully saturated rings. The molecule has 6 nitrogen and oxygen atoms in total. The molecular formula is C92H58N6. The molecule has 0 aliphatic heterocycles. The van der Waals surface area contributed by atoms with Crippen LogP contribution in [0.2, 0.25) is 0 Å². The van der Waals surface area contributed by atoms with Gasteiger partial charge in [0.15, 0.2) is 34.9 Å². The van der Waals surface area contributed by atoms with Gasteiger partial charge in [-0.2, -0.15) is 0 Å². The van der Waals surface area contributed by atoms with Crippen LogP contribution in [0.15, 0.2) is 352 Å². The van der Waals surface area contributed by atoms with Gasteiger partial charge < -0.3 is 0 Å². The van der Waals surface area contributed by atoms with Crippen LogP contribution >= 0.6 is 0 Å². The highest BCUT2D eigenvalue weighted by Crippen LogP contribution is 2.41. The second kappa shape index (κ2) is 24.6. The molecule has 19 aromatic rings. The van der Waals surface area contributed by atoms with Crippen molar-refractivity contribution in [3.8, 4) is 102 Å². The van der Waals surface area contributed by atoms with Crippen LogP contribution in [0.25, 0.3) is 188 Å². The van der Waals surface area contributed by atoms with Gasteiger partial charge in [-0.05, 0) is 132 Å². The van der Waals surface area contributed by atoms with Crippen LogP contribution in [0.1, 0.15) is 0 Å². The molecule has 0 spiro atoms. The summed E-state index contributed by atoms with van der Waals surface area (Å²) in [5, 5.41) is 20.4. The molecule has 6 heteroatoms. The van der Waals surface area contributed by atoms with Crippen LogP contribution in [0.3, 0.4) is 0 Å². The molecule has 0 aliphatic rings. The van der Waals surface area contributed by atoms with Crippen LogP contribution in [0.5, 0.6) is 0 Å². The van der Waals surface area contributed by atoms with Gasteiger partial charge in [-0.3, -0.25) is 0 Å². The van der Waals surface area contributed by atoms with Crippen molar-refractivity contribution in [2.24, 2.45) is 0 Å². The molecule has 19 rings (SSSR count). The Balaban J connectivity index is 0.000000143. The molecule has 98 heavy (non-hydrogen) atoms. The summed E-state index contributed by atoms with van der Waals surface area (Å²) < 4.78 is 0. The summed E-state index contributed by atoms with van der Waals surface area (Å²) in [6, 6.07) is 124. The lowest BCUT2D eigenvalue weighted by Gasteiger charge is -2.13. The molecule has 456 valence electrons. The third-order valence-corrected chi connectivity index (χ3v) is 19.0. The van der Waals surface area contributed by atoms with Gasteiger partial charge in [0.1, 0.15) is 0 Å². The highest BCUT2D eigenvalue weighted by atomic mass is 15.0. The fourth-order valence-corrected chi connectivity index (χ4v) is 14.1. The predicted molar refractivity (Wildman–Crippen MR) is 409 cm³/mol. The zero-order valence-corrected chi connectivity index (χ0v) is 53.2. The fraction of sp³-hybridized carbons (Fsp3) is 0. The zero-order valence-electron chi connectivity index (χ0n) is 53.2. The van der Waals surface area contributed by atoms with Crippen molar-refractivity contribution in [3.05, 3.63) is 352 Å². The molecule has 0 unspecified atom stereocenters. The van der Waals surface area contributed by atoms with Gasteiger partial charge in [-0.15, -0.1) is 0 Å². The summed E-state index contributed by atoms with van der Waals surface area (Å²) in [4.78, 5) is 29.6. The molecule has 2 aromatic heterocycles. The van der Waals surface area contributed by atoms with E-state index in [-0.39, 0.29) is 0 Å². The minimum absolute atomic E-state index is 0.643. The Morgan fingerprint density at radius 1 is 0.133 bits per heavy atom. The smallest absolute Gasteiger partial charge is 0.164 e. The average Bonchev–Trinajstić information content (AvgIpc) is 0.759.